The third-order valence-corrected chi connectivity index (χ3v) is 6.31. The van der Waals surface area contributed by atoms with Crippen LogP contribution in [0.3, 0.4) is 0 Å². The van der Waals surface area contributed by atoms with Gasteiger partial charge in [0.15, 0.2) is 0 Å². The normalized spacial score (nSPS) is 16.4. The van der Waals surface area contributed by atoms with Gasteiger partial charge in [-0.15, -0.1) is 0 Å². The van der Waals surface area contributed by atoms with Crippen molar-refractivity contribution in [2.45, 2.75) is 46.5 Å². The smallest absolute Gasteiger partial charge is 0.236 e. The van der Waals surface area contributed by atoms with E-state index in [4.69, 9.17) is 0 Å². The Hall–Kier alpha value is -2.90. The lowest BCUT2D eigenvalue weighted by atomic mass is 10.0. The summed E-state index contributed by atoms with van der Waals surface area (Å²) in [7, 11) is 0. The topological polar surface area (TPSA) is 84.9 Å². The van der Waals surface area contributed by atoms with Crippen LogP contribution in [0.15, 0.2) is 60.2 Å². The van der Waals surface area contributed by atoms with Crippen molar-refractivity contribution in [3.05, 3.63) is 60.2 Å². The molecule has 0 radical (unpaired) electrons. The van der Waals surface area contributed by atoms with Crippen molar-refractivity contribution in [1.29, 1.82) is 0 Å². The number of aromatic hydroxyl groups is 1. The molecule has 1 saturated heterocycles. The summed E-state index contributed by atoms with van der Waals surface area (Å²) in [5, 5.41) is 15.7. The summed E-state index contributed by atoms with van der Waals surface area (Å²) in [5.74, 6) is 0.0968. The Morgan fingerprint density at radius 2 is 1.94 bits per heavy atom. The molecule has 36 heavy (non-hydrogen) atoms. The third-order valence-electron chi connectivity index (χ3n) is 6.31. The number of amides is 2. The average Bonchev–Trinajstić information content (AvgIpc) is 3.32. The minimum absolute atomic E-state index is 0.0427. The predicted octanol–water partition coefficient (Wildman–Crippen LogP) is 4.34. The molecule has 1 fully saturated rings. The summed E-state index contributed by atoms with van der Waals surface area (Å²) in [6.45, 7) is 14.9. The first kappa shape index (κ1) is 29.3. The standard InChI is InChI=1S/C29H44N4O3/c1-5-9-24(23(3)4)10-7-8-16-30-17-20-33(18-6-2)28(35)22-32-19-15-25(21-32)29(36)31-26-11-13-27(34)14-12-26/h7-9,11-14,25,30,34H,3,5-6,10,15-22H2,1-2,4H3,(H,31,36)/b8-7-,24-9+/t25-/m1/s1. The number of allylic oxidation sites excluding steroid dienone is 4. The zero-order valence-corrected chi connectivity index (χ0v) is 22.3. The van der Waals surface area contributed by atoms with Gasteiger partial charge in [-0.1, -0.05) is 44.2 Å². The highest BCUT2D eigenvalue weighted by Gasteiger charge is 2.30. The summed E-state index contributed by atoms with van der Waals surface area (Å²) in [5.41, 5.74) is 3.07. The molecule has 1 aromatic carbocycles. The van der Waals surface area contributed by atoms with Crippen molar-refractivity contribution in [2.75, 3.05) is 51.1 Å². The highest BCUT2D eigenvalue weighted by Crippen LogP contribution is 2.20. The number of phenolic OH excluding ortho intramolecular Hbond substituents is 1. The molecule has 0 bridgehead atoms. The average molecular weight is 497 g/mol. The summed E-state index contributed by atoms with van der Waals surface area (Å²) < 4.78 is 0. The SMILES string of the molecule is C=C(C)/C(=C/CC)C/C=C\CNCCN(CCC)C(=O)CN1CC[C@@H](C(=O)Nc2ccc(O)cc2)C1. The zero-order chi connectivity index (χ0) is 26.3. The van der Waals surface area contributed by atoms with Crippen LogP contribution in [0.2, 0.25) is 0 Å². The minimum Gasteiger partial charge on any atom is -0.508 e. The highest BCUT2D eigenvalue weighted by molar-refractivity contribution is 5.93. The fourth-order valence-corrected chi connectivity index (χ4v) is 4.27. The van der Waals surface area contributed by atoms with Crippen LogP contribution in [0.1, 0.15) is 46.5 Å². The Balaban J connectivity index is 1.72. The second kappa shape index (κ2) is 16.0. The second-order valence-electron chi connectivity index (χ2n) is 9.44. The molecule has 0 spiro atoms. The van der Waals surface area contributed by atoms with Gasteiger partial charge in [0.25, 0.3) is 0 Å². The van der Waals surface area contributed by atoms with Gasteiger partial charge in [0, 0.05) is 38.4 Å². The number of rotatable bonds is 15. The van der Waals surface area contributed by atoms with Gasteiger partial charge in [0.05, 0.1) is 12.5 Å². The van der Waals surface area contributed by atoms with E-state index in [-0.39, 0.29) is 23.5 Å². The van der Waals surface area contributed by atoms with E-state index in [0.29, 0.717) is 25.3 Å². The quantitative estimate of drug-likeness (QED) is 0.146. The molecule has 0 aliphatic carbocycles. The molecule has 3 N–H and O–H groups in total. The molecule has 0 unspecified atom stereocenters. The maximum Gasteiger partial charge on any atom is 0.236 e. The summed E-state index contributed by atoms with van der Waals surface area (Å²) in [6.07, 6.45) is 10.1. The number of nitrogens with zero attached hydrogens (tertiary/aromatic N) is 2. The van der Waals surface area contributed by atoms with Gasteiger partial charge in [-0.2, -0.15) is 0 Å². The Kier molecular flexibility index (Phi) is 13.0. The second-order valence-corrected chi connectivity index (χ2v) is 9.44. The number of nitrogens with one attached hydrogen (secondary N) is 2. The Labute approximate surface area is 216 Å². The van der Waals surface area contributed by atoms with Gasteiger partial charge in [-0.3, -0.25) is 14.5 Å². The lowest BCUT2D eigenvalue weighted by Gasteiger charge is -2.25. The molecule has 7 heteroatoms. The van der Waals surface area contributed by atoms with E-state index >= 15 is 0 Å². The maximum atomic E-state index is 13.0. The van der Waals surface area contributed by atoms with Gasteiger partial charge in [0.2, 0.25) is 11.8 Å². The van der Waals surface area contributed by atoms with Crippen molar-refractivity contribution < 1.29 is 14.7 Å². The molecule has 0 aromatic heterocycles. The third kappa shape index (κ3) is 10.4. The lowest BCUT2D eigenvalue weighted by molar-refractivity contribution is -0.132. The first-order valence-electron chi connectivity index (χ1n) is 13.1. The number of benzene rings is 1. The van der Waals surface area contributed by atoms with Gasteiger partial charge >= 0.3 is 0 Å². The molecule has 1 aliphatic rings. The van der Waals surface area contributed by atoms with E-state index in [0.717, 1.165) is 57.4 Å². The number of anilines is 1. The summed E-state index contributed by atoms with van der Waals surface area (Å²) in [6, 6.07) is 6.46. The van der Waals surface area contributed by atoms with Crippen LogP contribution in [0.5, 0.6) is 5.75 Å². The van der Waals surface area contributed by atoms with Crippen LogP contribution in [0.25, 0.3) is 0 Å². The first-order valence-corrected chi connectivity index (χ1v) is 13.1. The molecule has 1 atom stereocenters. The molecule has 198 valence electrons. The largest absolute Gasteiger partial charge is 0.508 e. The number of phenols is 1. The van der Waals surface area contributed by atoms with E-state index in [1.807, 2.05) is 11.8 Å². The van der Waals surface area contributed by atoms with Crippen LogP contribution in [0.4, 0.5) is 5.69 Å². The van der Waals surface area contributed by atoms with E-state index < -0.39 is 0 Å². The maximum absolute atomic E-state index is 13.0. The molecule has 1 heterocycles. The van der Waals surface area contributed by atoms with Gasteiger partial charge in [-0.25, -0.2) is 0 Å². The van der Waals surface area contributed by atoms with E-state index in [1.54, 1.807) is 24.3 Å². The molecular formula is C29H44N4O3. The molecule has 2 rings (SSSR count). The monoisotopic (exact) mass is 496 g/mol. The lowest BCUT2D eigenvalue weighted by Crippen LogP contribution is -2.43. The molecular weight excluding hydrogens is 452 g/mol. The number of hydrogen-bond acceptors (Lipinski definition) is 5. The Bertz CT molecular complexity index is 908. The van der Waals surface area contributed by atoms with Crippen LogP contribution < -0.4 is 10.6 Å². The molecule has 1 aromatic rings. The molecule has 0 saturated carbocycles. The summed E-state index contributed by atoms with van der Waals surface area (Å²) >= 11 is 0. The Morgan fingerprint density at radius 3 is 2.61 bits per heavy atom. The van der Waals surface area contributed by atoms with Crippen molar-refractivity contribution in [1.82, 2.24) is 15.1 Å². The molecule has 1 aliphatic heterocycles. The van der Waals surface area contributed by atoms with E-state index in [9.17, 15) is 14.7 Å². The molecule has 7 nitrogen and oxygen atoms in total. The predicted molar refractivity (Wildman–Crippen MR) is 148 cm³/mol. The zero-order valence-electron chi connectivity index (χ0n) is 22.3. The number of carbonyl (C=O) groups excluding carboxylic acids is 2. The van der Waals surface area contributed by atoms with Gasteiger partial charge in [0.1, 0.15) is 5.75 Å². The first-order chi connectivity index (χ1) is 17.3. The summed E-state index contributed by atoms with van der Waals surface area (Å²) in [4.78, 5) is 29.6. The van der Waals surface area contributed by atoms with E-state index in [1.165, 1.54) is 5.57 Å². The Morgan fingerprint density at radius 1 is 1.19 bits per heavy atom. The van der Waals surface area contributed by atoms with Crippen LogP contribution in [-0.4, -0.2) is 72.5 Å². The number of hydrogen-bond donors (Lipinski definition) is 3. The van der Waals surface area contributed by atoms with Crippen molar-refractivity contribution >= 4 is 17.5 Å². The van der Waals surface area contributed by atoms with Crippen LogP contribution >= 0.6 is 0 Å². The minimum atomic E-state index is -0.141. The van der Waals surface area contributed by atoms with Crippen molar-refractivity contribution in [3.8, 4) is 5.75 Å². The highest BCUT2D eigenvalue weighted by atomic mass is 16.3. The fourth-order valence-electron chi connectivity index (χ4n) is 4.27. The van der Waals surface area contributed by atoms with Gasteiger partial charge in [-0.05, 0) is 69.0 Å². The fraction of sp³-hybridized carbons (Fsp3) is 0.517. The van der Waals surface area contributed by atoms with Crippen molar-refractivity contribution in [2.24, 2.45) is 5.92 Å². The van der Waals surface area contributed by atoms with E-state index in [2.05, 4.69) is 54.2 Å². The number of likely N-dealkylation sites (tertiary alicyclic amines) is 1. The van der Waals surface area contributed by atoms with Crippen LogP contribution in [0, 0.1) is 5.92 Å². The van der Waals surface area contributed by atoms with Crippen molar-refractivity contribution in [3.63, 3.8) is 0 Å². The van der Waals surface area contributed by atoms with Crippen LogP contribution in [-0.2, 0) is 9.59 Å². The number of carbonyl (C=O) groups is 2. The van der Waals surface area contributed by atoms with Gasteiger partial charge < -0.3 is 20.6 Å². The molecule has 2 amide bonds.